The van der Waals surface area contributed by atoms with E-state index in [-0.39, 0.29) is 0 Å². The Morgan fingerprint density at radius 3 is 2.52 bits per heavy atom. The molecule has 0 amide bonds. The number of pyridine rings is 1. The van der Waals surface area contributed by atoms with E-state index in [2.05, 4.69) is 32.5 Å². The number of aromatic nitrogens is 3. The third kappa shape index (κ3) is 5.87. The largest absolute Gasteiger partial charge is 0.369 e. The standard InChI is InChI=1S/C22H33N7/c1-28-13-15-29(16-14-28)12-11-24-21-17-20(18-7-9-23-10-8-18)26-22(27-21)25-19-5-3-2-4-6-19/h7-10,17,19H,2-6,11-16H2,1H3,(H2,24,25,26,27). The predicted molar refractivity (Wildman–Crippen MR) is 118 cm³/mol. The third-order valence-electron chi connectivity index (χ3n) is 5.97. The first-order valence-corrected chi connectivity index (χ1v) is 11.0. The normalized spacial score (nSPS) is 19.2. The second kappa shape index (κ2) is 9.98. The van der Waals surface area contributed by atoms with Crippen LogP contribution in [0.1, 0.15) is 32.1 Å². The maximum Gasteiger partial charge on any atom is 0.225 e. The maximum absolute atomic E-state index is 4.80. The number of nitrogens with zero attached hydrogens (tertiary/aromatic N) is 5. The van der Waals surface area contributed by atoms with Crippen molar-refractivity contribution in [2.75, 3.05) is 56.9 Å². The summed E-state index contributed by atoms with van der Waals surface area (Å²) in [6.07, 6.45) is 9.95. The molecule has 0 atom stereocenters. The van der Waals surface area contributed by atoms with Crippen LogP contribution in [0.2, 0.25) is 0 Å². The van der Waals surface area contributed by atoms with Crippen LogP contribution in [-0.4, -0.2) is 77.1 Å². The lowest BCUT2D eigenvalue weighted by atomic mass is 9.96. The van der Waals surface area contributed by atoms with Crippen LogP contribution >= 0.6 is 0 Å². The number of likely N-dealkylation sites (N-methyl/N-ethyl adjacent to an activating group) is 1. The van der Waals surface area contributed by atoms with Crippen molar-refractivity contribution in [2.45, 2.75) is 38.1 Å². The number of hydrogen-bond acceptors (Lipinski definition) is 7. The fourth-order valence-electron chi connectivity index (χ4n) is 4.12. The average molecular weight is 396 g/mol. The summed E-state index contributed by atoms with van der Waals surface area (Å²) in [4.78, 5) is 18.6. The van der Waals surface area contributed by atoms with Crippen LogP contribution in [0, 0.1) is 0 Å². The van der Waals surface area contributed by atoms with Gasteiger partial charge in [0.05, 0.1) is 5.69 Å². The van der Waals surface area contributed by atoms with Crippen LogP contribution in [0.4, 0.5) is 11.8 Å². The minimum absolute atomic E-state index is 0.481. The van der Waals surface area contributed by atoms with Crippen LogP contribution < -0.4 is 10.6 Å². The molecule has 0 unspecified atom stereocenters. The highest BCUT2D eigenvalue weighted by atomic mass is 15.3. The zero-order valence-corrected chi connectivity index (χ0v) is 17.5. The van der Waals surface area contributed by atoms with E-state index in [9.17, 15) is 0 Å². The number of piperazine rings is 1. The van der Waals surface area contributed by atoms with Gasteiger partial charge in [-0.25, -0.2) is 4.98 Å². The molecule has 2 aromatic rings. The first-order valence-electron chi connectivity index (χ1n) is 11.0. The highest BCUT2D eigenvalue weighted by Crippen LogP contribution is 2.24. The van der Waals surface area contributed by atoms with Gasteiger partial charge in [0, 0.05) is 69.3 Å². The molecule has 0 radical (unpaired) electrons. The molecule has 7 nitrogen and oxygen atoms in total. The van der Waals surface area contributed by atoms with Crippen molar-refractivity contribution in [3.63, 3.8) is 0 Å². The quantitative estimate of drug-likeness (QED) is 0.747. The van der Waals surface area contributed by atoms with Gasteiger partial charge < -0.3 is 15.5 Å². The summed E-state index contributed by atoms with van der Waals surface area (Å²) in [6.45, 7) is 6.49. The first kappa shape index (κ1) is 20.0. The van der Waals surface area contributed by atoms with Crippen molar-refractivity contribution in [3.8, 4) is 11.3 Å². The second-order valence-electron chi connectivity index (χ2n) is 8.25. The fraction of sp³-hybridized carbons (Fsp3) is 0.591. The molecule has 1 aliphatic heterocycles. The Kier molecular flexibility index (Phi) is 6.90. The Morgan fingerprint density at radius 1 is 1.00 bits per heavy atom. The molecule has 29 heavy (non-hydrogen) atoms. The predicted octanol–water partition coefficient (Wildman–Crippen LogP) is 2.94. The molecule has 1 saturated carbocycles. The van der Waals surface area contributed by atoms with Gasteiger partial charge in [0.2, 0.25) is 5.95 Å². The van der Waals surface area contributed by atoms with Gasteiger partial charge >= 0.3 is 0 Å². The summed E-state index contributed by atoms with van der Waals surface area (Å²) in [7, 11) is 2.19. The molecular formula is C22H33N7. The van der Waals surface area contributed by atoms with Gasteiger partial charge in [-0.1, -0.05) is 19.3 Å². The topological polar surface area (TPSA) is 69.2 Å². The summed E-state index contributed by atoms with van der Waals surface area (Å²) >= 11 is 0. The Hall–Kier alpha value is -2.25. The van der Waals surface area contributed by atoms with Crippen LogP contribution in [0.15, 0.2) is 30.6 Å². The lowest BCUT2D eigenvalue weighted by molar-refractivity contribution is 0.158. The van der Waals surface area contributed by atoms with E-state index >= 15 is 0 Å². The second-order valence-corrected chi connectivity index (χ2v) is 8.25. The molecule has 4 rings (SSSR count). The van der Waals surface area contributed by atoms with E-state index in [4.69, 9.17) is 9.97 Å². The van der Waals surface area contributed by atoms with Crippen LogP contribution in [0.25, 0.3) is 11.3 Å². The smallest absolute Gasteiger partial charge is 0.225 e. The minimum atomic E-state index is 0.481. The van der Waals surface area contributed by atoms with E-state index in [0.29, 0.717) is 6.04 Å². The summed E-state index contributed by atoms with van der Waals surface area (Å²) < 4.78 is 0. The molecule has 3 heterocycles. The van der Waals surface area contributed by atoms with Gasteiger partial charge in [0.1, 0.15) is 5.82 Å². The number of nitrogens with one attached hydrogen (secondary N) is 2. The molecular weight excluding hydrogens is 362 g/mol. The van der Waals surface area contributed by atoms with Crippen molar-refractivity contribution in [1.82, 2.24) is 24.8 Å². The van der Waals surface area contributed by atoms with E-state index in [0.717, 1.165) is 62.3 Å². The highest BCUT2D eigenvalue weighted by molar-refractivity contribution is 5.64. The molecule has 1 saturated heterocycles. The third-order valence-corrected chi connectivity index (χ3v) is 5.97. The Bertz CT molecular complexity index is 753. The number of rotatable bonds is 7. The van der Waals surface area contributed by atoms with Crippen LogP contribution in [0.3, 0.4) is 0 Å². The molecule has 156 valence electrons. The van der Waals surface area contributed by atoms with Crippen molar-refractivity contribution in [1.29, 1.82) is 0 Å². The van der Waals surface area contributed by atoms with Crippen molar-refractivity contribution < 1.29 is 0 Å². The highest BCUT2D eigenvalue weighted by Gasteiger charge is 2.16. The van der Waals surface area contributed by atoms with Crippen molar-refractivity contribution in [3.05, 3.63) is 30.6 Å². The Labute approximate surface area is 173 Å². The molecule has 2 fully saturated rings. The maximum atomic E-state index is 4.80. The Balaban J connectivity index is 1.43. The van der Waals surface area contributed by atoms with Gasteiger partial charge in [-0.05, 0) is 32.0 Å². The molecule has 0 bridgehead atoms. The minimum Gasteiger partial charge on any atom is -0.369 e. The lowest BCUT2D eigenvalue weighted by Crippen LogP contribution is -2.45. The Morgan fingerprint density at radius 2 is 1.76 bits per heavy atom. The molecule has 0 aromatic carbocycles. The summed E-state index contributed by atoms with van der Waals surface area (Å²) in [5, 5.41) is 7.11. The molecule has 0 spiro atoms. The van der Waals surface area contributed by atoms with Crippen molar-refractivity contribution in [2.24, 2.45) is 0 Å². The van der Waals surface area contributed by atoms with E-state index < -0.39 is 0 Å². The van der Waals surface area contributed by atoms with Crippen molar-refractivity contribution >= 4 is 11.8 Å². The zero-order chi connectivity index (χ0) is 19.9. The van der Waals surface area contributed by atoms with E-state index in [1.807, 2.05) is 30.6 Å². The molecule has 2 N–H and O–H groups in total. The fourth-order valence-corrected chi connectivity index (χ4v) is 4.12. The lowest BCUT2D eigenvalue weighted by Gasteiger charge is -2.32. The van der Waals surface area contributed by atoms with E-state index in [1.54, 1.807) is 0 Å². The number of hydrogen-bond donors (Lipinski definition) is 2. The van der Waals surface area contributed by atoms with Gasteiger partial charge in [-0.3, -0.25) is 9.88 Å². The number of anilines is 2. The van der Waals surface area contributed by atoms with Gasteiger partial charge in [-0.2, -0.15) is 4.98 Å². The van der Waals surface area contributed by atoms with Crippen LogP contribution in [0.5, 0.6) is 0 Å². The molecule has 1 aliphatic carbocycles. The van der Waals surface area contributed by atoms with Crippen LogP contribution in [-0.2, 0) is 0 Å². The summed E-state index contributed by atoms with van der Waals surface area (Å²) in [5.41, 5.74) is 2.00. The first-order chi connectivity index (χ1) is 14.3. The van der Waals surface area contributed by atoms with E-state index in [1.165, 1.54) is 32.1 Å². The zero-order valence-electron chi connectivity index (χ0n) is 17.5. The molecule has 7 heteroatoms. The van der Waals surface area contributed by atoms with Gasteiger partial charge in [0.25, 0.3) is 0 Å². The van der Waals surface area contributed by atoms with Gasteiger partial charge in [0.15, 0.2) is 0 Å². The SMILES string of the molecule is CN1CCN(CCNc2cc(-c3ccncc3)nc(NC3CCCCC3)n2)CC1. The molecule has 2 aromatic heterocycles. The summed E-state index contributed by atoms with van der Waals surface area (Å²) in [5.74, 6) is 1.62. The summed E-state index contributed by atoms with van der Waals surface area (Å²) in [6, 6.07) is 6.53. The monoisotopic (exact) mass is 395 g/mol. The molecule has 2 aliphatic rings. The average Bonchev–Trinajstić information content (AvgIpc) is 2.76. The van der Waals surface area contributed by atoms with Gasteiger partial charge in [-0.15, -0.1) is 0 Å².